The first kappa shape index (κ1) is 48.3. The van der Waals surface area contributed by atoms with Crippen LogP contribution in [0, 0.1) is 5.92 Å². The number of aliphatic hydroxyl groups is 4. The number of hydrogen-bond acceptors (Lipinski definition) is 14. The molecule has 0 heterocycles. The lowest BCUT2D eigenvalue weighted by molar-refractivity contribution is -0.143. The van der Waals surface area contributed by atoms with Crippen molar-refractivity contribution in [3.05, 3.63) is 59.7 Å². The molecule has 0 bridgehead atoms. The van der Waals surface area contributed by atoms with Gasteiger partial charge in [0, 0.05) is 12.8 Å². The van der Waals surface area contributed by atoms with Gasteiger partial charge in [0.2, 0.25) is 35.4 Å². The number of benzene rings is 2. The Hall–Kier alpha value is -5.87. The summed E-state index contributed by atoms with van der Waals surface area (Å²) >= 11 is 0. The first-order chi connectivity index (χ1) is 27.3. The second-order valence-electron chi connectivity index (χ2n) is 13.9. The monoisotopic (exact) mass is 819 g/mol. The molecule has 0 aliphatic rings. The van der Waals surface area contributed by atoms with Gasteiger partial charge in [0.15, 0.2) is 0 Å². The minimum absolute atomic E-state index is 0.0169. The SMILES string of the molecule is CC(C)C[C@H](NC(=O)[C@H](Cc1ccc(O)cc1)NC(=O)[C@H](CO)NC(=O)[C@@H](N)[C@@H](C)O)C(=O)N[C@@H](Cc1ccc(O)cc1)C(=O)N[C@@H](CO)C(=O)N[C@@H](CO)C(=O)O. The van der Waals surface area contributed by atoms with E-state index in [2.05, 4.69) is 26.6 Å². The van der Waals surface area contributed by atoms with E-state index in [0.29, 0.717) is 11.1 Å². The first-order valence-corrected chi connectivity index (χ1v) is 18.2. The van der Waals surface area contributed by atoms with Gasteiger partial charge in [-0.05, 0) is 54.7 Å². The number of aliphatic hydroxyl groups excluding tert-OH is 4. The number of hydrogen-bond donors (Lipinski definition) is 14. The number of phenols is 2. The van der Waals surface area contributed by atoms with Crippen LogP contribution < -0.4 is 37.6 Å². The van der Waals surface area contributed by atoms with Crippen molar-refractivity contribution in [2.24, 2.45) is 11.7 Å². The molecule has 0 unspecified atom stereocenters. The van der Waals surface area contributed by atoms with E-state index in [0.717, 1.165) is 0 Å². The van der Waals surface area contributed by atoms with Gasteiger partial charge in [0.25, 0.3) is 0 Å². The van der Waals surface area contributed by atoms with Crippen LogP contribution in [0.25, 0.3) is 0 Å². The molecule has 0 saturated carbocycles. The predicted molar refractivity (Wildman–Crippen MR) is 203 cm³/mol. The summed E-state index contributed by atoms with van der Waals surface area (Å²) in [6, 6.07) is 0.201. The van der Waals surface area contributed by atoms with E-state index in [1.54, 1.807) is 13.8 Å². The number of rotatable bonds is 23. The minimum Gasteiger partial charge on any atom is -0.508 e. The molecule has 0 aromatic heterocycles. The molecule has 0 radical (unpaired) electrons. The van der Waals surface area contributed by atoms with Crippen LogP contribution in [0.5, 0.6) is 11.5 Å². The van der Waals surface area contributed by atoms with E-state index in [1.807, 2.05) is 5.32 Å². The highest BCUT2D eigenvalue weighted by Gasteiger charge is 2.34. The summed E-state index contributed by atoms with van der Waals surface area (Å²) < 4.78 is 0. The van der Waals surface area contributed by atoms with Gasteiger partial charge < -0.3 is 73.4 Å². The van der Waals surface area contributed by atoms with Crippen LogP contribution in [0.1, 0.15) is 38.3 Å². The molecule has 0 aliphatic heterocycles. The fourth-order valence-electron chi connectivity index (χ4n) is 5.28. The number of carbonyl (C=O) groups excluding carboxylic acids is 6. The minimum atomic E-state index is -1.75. The highest BCUT2D eigenvalue weighted by atomic mass is 16.4. The number of aliphatic carboxylic acids is 1. The molecular formula is C37H53N7O14. The molecule has 21 heteroatoms. The van der Waals surface area contributed by atoms with E-state index in [-0.39, 0.29) is 36.7 Å². The van der Waals surface area contributed by atoms with Crippen molar-refractivity contribution in [3.8, 4) is 11.5 Å². The third kappa shape index (κ3) is 15.6. The van der Waals surface area contributed by atoms with E-state index in [1.165, 1.54) is 55.5 Å². The molecule has 21 nitrogen and oxygen atoms in total. The van der Waals surface area contributed by atoms with E-state index in [4.69, 9.17) is 5.73 Å². The van der Waals surface area contributed by atoms with Gasteiger partial charge >= 0.3 is 5.97 Å². The summed E-state index contributed by atoms with van der Waals surface area (Å²) in [6.07, 6.45) is -1.79. The normalized spacial score (nSPS) is 15.3. The van der Waals surface area contributed by atoms with Crippen molar-refractivity contribution >= 4 is 41.4 Å². The summed E-state index contributed by atoms with van der Waals surface area (Å²) in [5.74, 6) is -8.04. The molecule has 2 aromatic carbocycles. The lowest BCUT2D eigenvalue weighted by Crippen LogP contribution is -2.61. The van der Waals surface area contributed by atoms with Crippen LogP contribution in [0.3, 0.4) is 0 Å². The van der Waals surface area contributed by atoms with Crippen molar-refractivity contribution in [2.75, 3.05) is 19.8 Å². The standard InChI is InChI=1S/C37H53N7O14/c1-18(2)12-24(39-32(52)25(13-20-4-8-22(49)9-5-20)41-34(54)28(16-46)43-36(56)30(38)19(3)48)31(51)40-26(14-21-6-10-23(50)11-7-21)33(53)42-27(15-45)35(55)44-29(17-47)37(57)58/h4-11,18-19,24-30,45-50H,12-17,38H2,1-3H3,(H,39,52)(H,40,51)(H,41,54)(H,42,53)(H,43,56)(H,44,55)(H,57,58)/t19-,24+,25+,26+,27+,28+,29+,30+/m1/s1. The maximum atomic E-state index is 14.0. The number of carbonyl (C=O) groups is 7. The van der Waals surface area contributed by atoms with Gasteiger partial charge in [0.1, 0.15) is 53.8 Å². The van der Waals surface area contributed by atoms with Crippen LogP contribution >= 0.6 is 0 Å². The van der Waals surface area contributed by atoms with E-state index >= 15 is 0 Å². The van der Waals surface area contributed by atoms with Crippen molar-refractivity contribution in [1.29, 1.82) is 0 Å². The molecule has 8 atom stereocenters. The fraction of sp³-hybridized carbons (Fsp3) is 0.486. The Bertz CT molecular complexity index is 1710. The van der Waals surface area contributed by atoms with Crippen LogP contribution in [0.15, 0.2) is 48.5 Å². The maximum absolute atomic E-state index is 14.0. The lowest BCUT2D eigenvalue weighted by Gasteiger charge is -2.28. The Morgan fingerprint density at radius 2 is 0.828 bits per heavy atom. The Labute approximate surface area is 333 Å². The topological polar surface area (TPSA) is 359 Å². The Balaban J connectivity index is 2.43. The van der Waals surface area contributed by atoms with Crippen molar-refractivity contribution in [3.63, 3.8) is 0 Å². The van der Waals surface area contributed by atoms with Crippen molar-refractivity contribution in [2.45, 2.75) is 88.4 Å². The predicted octanol–water partition coefficient (Wildman–Crippen LogP) is -4.39. The Morgan fingerprint density at radius 3 is 1.17 bits per heavy atom. The van der Waals surface area contributed by atoms with E-state index < -0.39 is 110 Å². The third-order valence-electron chi connectivity index (χ3n) is 8.61. The van der Waals surface area contributed by atoms with Crippen LogP contribution in [-0.2, 0) is 46.4 Å². The molecule has 58 heavy (non-hydrogen) atoms. The third-order valence-corrected chi connectivity index (χ3v) is 8.61. The summed E-state index contributed by atoms with van der Waals surface area (Å²) in [7, 11) is 0. The summed E-state index contributed by atoms with van der Waals surface area (Å²) in [6.45, 7) is 1.77. The van der Waals surface area contributed by atoms with Crippen LogP contribution in [0.2, 0.25) is 0 Å². The lowest BCUT2D eigenvalue weighted by atomic mass is 9.99. The molecule has 2 aromatic rings. The maximum Gasteiger partial charge on any atom is 0.328 e. The largest absolute Gasteiger partial charge is 0.508 e. The summed E-state index contributed by atoms with van der Waals surface area (Å²) in [5.41, 5.74) is 6.49. The number of nitrogens with one attached hydrogen (secondary N) is 6. The number of amides is 6. The first-order valence-electron chi connectivity index (χ1n) is 18.2. The average Bonchev–Trinajstić information content (AvgIpc) is 3.17. The Kier molecular flexibility index (Phi) is 19.5. The number of phenolic OH excluding ortho intramolecular Hbond substituents is 2. The van der Waals surface area contributed by atoms with Crippen molar-refractivity contribution in [1.82, 2.24) is 31.9 Å². The Morgan fingerprint density at radius 1 is 0.517 bits per heavy atom. The quantitative estimate of drug-likeness (QED) is 0.0504. The highest BCUT2D eigenvalue weighted by Crippen LogP contribution is 2.15. The zero-order valence-electron chi connectivity index (χ0n) is 32.1. The molecule has 15 N–H and O–H groups in total. The molecule has 0 aliphatic carbocycles. The second kappa shape index (κ2) is 23.4. The summed E-state index contributed by atoms with van der Waals surface area (Å²) in [4.78, 5) is 91.3. The molecule has 0 spiro atoms. The molecule has 320 valence electrons. The van der Waals surface area contributed by atoms with Gasteiger partial charge in [-0.1, -0.05) is 38.1 Å². The van der Waals surface area contributed by atoms with Gasteiger partial charge in [-0.3, -0.25) is 28.8 Å². The summed E-state index contributed by atoms with van der Waals surface area (Å²) in [5, 5.41) is 81.4. The molecule has 0 saturated heterocycles. The van der Waals surface area contributed by atoms with Gasteiger partial charge in [-0.15, -0.1) is 0 Å². The molecule has 0 fully saturated rings. The number of nitrogens with two attached hydrogens (primary N) is 1. The van der Waals surface area contributed by atoms with Gasteiger partial charge in [-0.2, -0.15) is 0 Å². The van der Waals surface area contributed by atoms with Crippen molar-refractivity contribution < 1.29 is 69.3 Å². The van der Waals surface area contributed by atoms with Gasteiger partial charge in [0.05, 0.1) is 25.9 Å². The van der Waals surface area contributed by atoms with E-state index in [9.17, 15) is 69.3 Å². The van der Waals surface area contributed by atoms with Crippen LogP contribution in [-0.4, -0.2) is 145 Å². The number of carboxylic acid groups (broad SMARTS) is 1. The fourth-order valence-corrected chi connectivity index (χ4v) is 5.28. The van der Waals surface area contributed by atoms with Crippen LogP contribution in [0.4, 0.5) is 0 Å². The zero-order valence-corrected chi connectivity index (χ0v) is 32.1. The number of carboxylic acids is 1. The molecule has 2 rings (SSSR count). The zero-order chi connectivity index (χ0) is 43.7. The second-order valence-corrected chi connectivity index (χ2v) is 13.9. The highest BCUT2D eigenvalue weighted by molar-refractivity contribution is 5.97. The molecular weight excluding hydrogens is 766 g/mol. The number of aromatic hydroxyl groups is 2. The average molecular weight is 820 g/mol. The smallest absolute Gasteiger partial charge is 0.328 e. The molecule has 6 amide bonds. The van der Waals surface area contributed by atoms with Gasteiger partial charge in [-0.25, -0.2) is 4.79 Å².